The molecule has 3 aromatic rings. The van der Waals surface area contributed by atoms with Crippen LogP contribution in [0.25, 0.3) is 21.8 Å². The minimum atomic E-state index is 0.739. The van der Waals surface area contributed by atoms with Gasteiger partial charge in [-0.05, 0) is 37.0 Å². The zero-order valence-electron chi connectivity index (χ0n) is 12.9. The molecule has 2 aromatic carbocycles. The number of unbranched alkanes of at least 4 members (excludes halogenated alkanes) is 1. The summed E-state index contributed by atoms with van der Waals surface area (Å²) in [6.45, 7) is 4.32. The predicted octanol–water partition coefficient (Wildman–Crippen LogP) is 4.56. The molecule has 1 heterocycles. The van der Waals surface area contributed by atoms with Crippen LogP contribution in [0.5, 0.6) is 5.75 Å². The number of hydrogen-bond acceptors (Lipinski definition) is 2. The highest BCUT2D eigenvalue weighted by molar-refractivity contribution is 6.15. The Morgan fingerprint density at radius 2 is 2.00 bits per heavy atom. The van der Waals surface area contributed by atoms with Gasteiger partial charge < -0.3 is 15.5 Å². The minimum absolute atomic E-state index is 0.739. The van der Waals surface area contributed by atoms with Crippen molar-refractivity contribution in [3.63, 3.8) is 0 Å². The monoisotopic (exact) mass is 282 g/mol. The first-order valence-corrected chi connectivity index (χ1v) is 7.54. The molecule has 0 atom stereocenters. The number of rotatable bonds is 4. The van der Waals surface area contributed by atoms with Crippen LogP contribution in [0.3, 0.4) is 0 Å². The second kappa shape index (κ2) is 5.32. The van der Waals surface area contributed by atoms with Gasteiger partial charge in [-0.1, -0.05) is 31.5 Å². The van der Waals surface area contributed by atoms with E-state index in [2.05, 4.69) is 31.0 Å². The van der Waals surface area contributed by atoms with E-state index in [9.17, 15) is 0 Å². The first-order chi connectivity index (χ1) is 10.2. The maximum atomic E-state index is 6.39. The van der Waals surface area contributed by atoms with E-state index in [1.807, 2.05) is 12.1 Å². The highest BCUT2D eigenvalue weighted by atomic mass is 16.5. The fourth-order valence-electron chi connectivity index (χ4n) is 3.22. The largest absolute Gasteiger partial charge is 0.494 e. The second-order valence-electron chi connectivity index (χ2n) is 5.57. The van der Waals surface area contributed by atoms with Crippen molar-refractivity contribution >= 4 is 27.5 Å². The summed E-state index contributed by atoms with van der Waals surface area (Å²) in [4.78, 5) is 3.55. The van der Waals surface area contributed by atoms with E-state index in [4.69, 9.17) is 10.5 Å². The number of nitrogens with two attached hydrogens (primary N) is 1. The average Bonchev–Trinajstić information content (AvgIpc) is 2.87. The Hall–Kier alpha value is -2.16. The minimum Gasteiger partial charge on any atom is -0.494 e. The summed E-state index contributed by atoms with van der Waals surface area (Å²) in [5, 5.41) is 2.26. The van der Waals surface area contributed by atoms with Crippen LogP contribution in [-0.4, -0.2) is 12.1 Å². The molecular weight excluding hydrogens is 260 g/mol. The van der Waals surface area contributed by atoms with Gasteiger partial charge in [-0.25, -0.2) is 0 Å². The van der Waals surface area contributed by atoms with E-state index in [1.165, 1.54) is 29.3 Å². The molecule has 110 valence electrons. The molecule has 0 aliphatic carbocycles. The van der Waals surface area contributed by atoms with Crippen LogP contribution >= 0.6 is 0 Å². The molecule has 1 aromatic heterocycles. The third-order valence-corrected chi connectivity index (χ3v) is 4.30. The summed E-state index contributed by atoms with van der Waals surface area (Å²) in [6, 6.07) is 8.31. The van der Waals surface area contributed by atoms with Crippen molar-refractivity contribution in [2.75, 3.05) is 12.8 Å². The maximum Gasteiger partial charge on any atom is 0.145 e. The Labute approximate surface area is 125 Å². The number of methoxy groups -OCH3 is 1. The summed E-state index contributed by atoms with van der Waals surface area (Å²) in [7, 11) is 1.70. The van der Waals surface area contributed by atoms with Crippen LogP contribution in [0.15, 0.2) is 24.3 Å². The standard InChI is InChI=1S/C18H22N2O/c1-4-5-8-12-11(2)18(21-3)16(19)15-13-9-6-7-10-14(13)20-17(12)15/h6-7,9-10,20H,4-5,8,19H2,1-3H3. The first kappa shape index (κ1) is 13.8. The lowest BCUT2D eigenvalue weighted by Crippen LogP contribution is -2.01. The molecule has 0 amide bonds. The molecule has 0 saturated heterocycles. The smallest absolute Gasteiger partial charge is 0.145 e. The molecule has 0 aliphatic rings. The molecule has 0 aliphatic heterocycles. The van der Waals surface area contributed by atoms with Gasteiger partial charge in [0.2, 0.25) is 0 Å². The third kappa shape index (κ3) is 2.04. The summed E-state index contributed by atoms with van der Waals surface area (Å²) in [5.41, 5.74) is 11.9. The van der Waals surface area contributed by atoms with E-state index in [0.717, 1.165) is 34.3 Å². The van der Waals surface area contributed by atoms with Gasteiger partial charge in [0.25, 0.3) is 0 Å². The Morgan fingerprint density at radius 1 is 1.24 bits per heavy atom. The van der Waals surface area contributed by atoms with Crippen molar-refractivity contribution in [2.24, 2.45) is 0 Å². The van der Waals surface area contributed by atoms with E-state index in [0.29, 0.717) is 0 Å². The Kier molecular flexibility index (Phi) is 3.50. The van der Waals surface area contributed by atoms with Crippen molar-refractivity contribution in [3.05, 3.63) is 35.4 Å². The zero-order chi connectivity index (χ0) is 15.0. The number of ether oxygens (including phenoxy) is 1. The predicted molar refractivity (Wildman–Crippen MR) is 90.1 cm³/mol. The van der Waals surface area contributed by atoms with Gasteiger partial charge in [0.15, 0.2) is 0 Å². The number of fused-ring (bicyclic) bond motifs is 3. The summed E-state index contributed by atoms with van der Waals surface area (Å²) in [5.74, 6) is 0.818. The van der Waals surface area contributed by atoms with Crippen LogP contribution in [0.1, 0.15) is 30.9 Å². The zero-order valence-corrected chi connectivity index (χ0v) is 12.9. The van der Waals surface area contributed by atoms with Crippen molar-refractivity contribution < 1.29 is 4.74 Å². The number of nitrogen functional groups attached to an aromatic ring is 1. The first-order valence-electron chi connectivity index (χ1n) is 7.54. The summed E-state index contributed by atoms with van der Waals surface area (Å²) >= 11 is 0. The summed E-state index contributed by atoms with van der Waals surface area (Å²) < 4.78 is 5.58. The fraction of sp³-hybridized carbons (Fsp3) is 0.333. The Morgan fingerprint density at radius 3 is 2.71 bits per heavy atom. The lowest BCUT2D eigenvalue weighted by Gasteiger charge is -2.15. The topological polar surface area (TPSA) is 51.0 Å². The number of anilines is 1. The normalized spacial score (nSPS) is 11.4. The van der Waals surface area contributed by atoms with Gasteiger partial charge in [0, 0.05) is 16.3 Å². The number of H-pyrrole nitrogens is 1. The molecule has 3 heteroatoms. The van der Waals surface area contributed by atoms with Gasteiger partial charge in [-0.3, -0.25) is 0 Å². The van der Waals surface area contributed by atoms with E-state index >= 15 is 0 Å². The molecule has 0 spiro atoms. The number of aromatic nitrogens is 1. The van der Waals surface area contributed by atoms with Gasteiger partial charge in [-0.2, -0.15) is 0 Å². The Balaban J connectivity index is 2.43. The molecule has 0 saturated carbocycles. The van der Waals surface area contributed by atoms with Gasteiger partial charge >= 0.3 is 0 Å². The van der Waals surface area contributed by atoms with E-state index in [1.54, 1.807) is 7.11 Å². The van der Waals surface area contributed by atoms with Gasteiger partial charge in [-0.15, -0.1) is 0 Å². The number of para-hydroxylation sites is 1. The van der Waals surface area contributed by atoms with Crippen LogP contribution in [0.4, 0.5) is 5.69 Å². The molecule has 3 N–H and O–H groups in total. The van der Waals surface area contributed by atoms with Gasteiger partial charge in [0.1, 0.15) is 5.75 Å². The third-order valence-electron chi connectivity index (χ3n) is 4.30. The SMILES string of the molecule is CCCCc1c(C)c(OC)c(N)c2c1[nH]c1ccccc12. The second-order valence-corrected chi connectivity index (χ2v) is 5.57. The van der Waals surface area contributed by atoms with Crippen LogP contribution in [-0.2, 0) is 6.42 Å². The number of aromatic amines is 1. The van der Waals surface area contributed by atoms with Crippen molar-refractivity contribution in [3.8, 4) is 5.75 Å². The quantitative estimate of drug-likeness (QED) is 0.689. The van der Waals surface area contributed by atoms with Crippen molar-refractivity contribution in [1.82, 2.24) is 4.98 Å². The lowest BCUT2D eigenvalue weighted by molar-refractivity contribution is 0.414. The molecule has 3 rings (SSSR count). The Bertz CT molecular complexity index is 802. The van der Waals surface area contributed by atoms with Crippen LogP contribution in [0, 0.1) is 6.92 Å². The highest BCUT2D eigenvalue weighted by Gasteiger charge is 2.19. The number of nitrogens with one attached hydrogen (secondary N) is 1. The number of hydrogen-bond donors (Lipinski definition) is 2. The molecule has 21 heavy (non-hydrogen) atoms. The van der Waals surface area contributed by atoms with Crippen LogP contribution < -0.4 is 10.5 Å². The fourth-order valence-corrected chi connectivity index (χ4v) is 3.22. The van der Waals surface area contributed by atoms with Crippen molar-refractivity contribution in [1.29, 1.82) is 0 Å². The van der Waals surface area contributed by atoms with E-state index < -0.39 is 0 Å². The van der Waals surface area contributed by atoms with E-state index in [-0.39, 0.29) is 0 Å². The van der Waals surface area contributed by atoms with Gasteiger partial charge in [0.05, 0.1) is 18.3 Å². The highest BCUT2D eigenvalue weighted by Crippen LogP contribution is 2.41. The maximum absolute atomic E-state index is 6.39. The molecule has 0 bridgehead atoms. The molecule has 0 fully saturated rings. The molecule has 0 radical (unpaired) electrons. The molecule has 3 nitrogen and oxygen atoms in total. The number of benzene rings is 2. The molecular formula is C18H22N2O. The van der Waals surface area contributed by atoms with Crippen LogP contribution in [0.2, 0.25) is 0 Å². The summed E-state index contributed by atoms with van der Waals surface area (Å²) in [6.07, 6.45) is 3.38. The average molecular weight is 282 g/mol. The number of aryl methyl sites for hydroxylation is 1. The lowest BCUT2D eigenvalue weighted by atomic mass is 9.96. The molecule has 0 unspecified atom stereocenters. The van der Waals surface area contributed by atoms with Crippen molar-refractivity contribution in [2.45, 2.75) is 33.1 Å².